The maximum atomic E-state index is 11.2. The summed E-state index contributed by atoms with van der Waals surface area (Å²) in [6.07, 6.45) is 0. The van der Waals surface area contributed by atoms with Crippen LogP contribution in [0.1, 0.15) is 10.4 Å². The molecule has 1 aliphatic rings. The highest BCUT2D eigenvalue weighted by molar-refractivity contribution is 6.52. The minimum atomic E-state index is -0.801. The van der Waals surface area contributed by atoms with E-state index in [1.54, 1.807) is 0 Å². The largest absolute Gasteiger partial charge is 0.318 e. The average molecular weight is 202 g/mol. The average Bonchev–Trinajstić information content (AvgIpc) is 2.41. The van der Waals surface area contributed by atoms with Gasteiger partial charge < -0.3 is 5.32 Å². The van der Waals surface area contributed by atoms with Gasteiger partial charge in [0.1, 0.15) is 7.85 Å². The zero-order valence-electron chi connectivity index (χ0n) is 7.31. The molecule has 0 saturated carbocycles. The van der Waals surface area contributed by atoms with Crippen LogP contribution in [0, 0.1) is 10.1 Å². The van der Waals surface area contributed by atoms with Crippen molar-refractivity contribution in [2.24, 2.45) is 0 Å². The zero-order chi connectivity index (χ0) is 11.2. The number of amides is 1. The summed E-state index contributed by atoms with van der Waals surface area (Å²) in [5.74, 6) is -1.59. The molecule has 1 aliphatic heterocycles. The lowest BCUT2D eigenvalue weighted by atomic mass is 9.92. The van der Waals surface area contributed by atoms with Crippen molar-refractivity contribution < 1.29 is 14.5 Å². The van der Waals surface area contributed by atoms with E-state index in [-0.39, 0.29) is 22.4 Å². The van der Waals surface area contributed by atoms with Crippen molar-refractivity contribution in [1.29, 1.82) is 0 Å². The number of ketones is 1. The summed E-state index contributed by atoms with van der Waals surface area (Å²) < 4.78 is 0. The van der Waals surface area contributed by atoms with Crippen molar-refractivity contribution in [3.63, 3.8) is 0 Å². The van der Waals surface area contributed by atoms with Gasteiger partial charge in [-0.2, -0.15) is 0 Å². The molecule has 7 heteroatoms. The van der Waals surface area contributed by atoms with Gasteiger partial charge in [-0.25, -0.2) is 0 Å². The molecule has 1 aromatic rings. The van der Waals surface area contributed by atoms with Gasteiger partial charge in [0.15, 0.2) is 0 Å². The van der Waals surface area contributed by atoms with Crippen LogP contribution in [-0.2, 0) is 4.79 Å². The van der Waals surface area contributed by atoms with Gasteiger partial charge in [-0.3, -0.25) is 19.7 Å². The number of fused-ring (bicyclic) bond motifs is 1. The third-order valence-electron chi connectivity index (χ3n) is 2.06. The molecule has 72 valence electrons. The van der Waals surface area contributed by atoms with E-state index in [2.05, 4.69) is 5.32 Å². The molecule has 0 unspecified atom stereocenters. The van der Waals surface area contributed by atoms with Crippen molar-refractivity contribution >= 4 is 36.4 Å². The van der Waals surface area contributed by atoms with Crippen LogP contribution in [0.4, 0.5) is 11.4 Å². The second kappa shape index (κ2) is 2.91. The molecular formula is C8H3BN2O4. The van der Waals surface area contributed by atoms with Crippen molar-refractivity contribution in [1.82, 2.24) is 0 Å². The maximum absolute atomic E-state index is 11.2. The standard InChI is InChI=1S/C8H3BN2O4/c9-4-2-5-3(1-6(4)11(14)15)7(12)8(13)10-5/h1-2H,(H,10,12,13). The third-order valence-corrected chi connectivity index (χ3v) is 2.06. The van der Waals surface area contributed by atoms with Crippen LogP contribution in [0.3, 0.4) is 0 Å². The normalized spacial score (nSPS) is 13.6. The van der Waals surface area contributed by atoms with Gasteiger partial charge in [0.05, 0.1) is 16.2 Å². The fourth-order valence-corrected chi connectivity index (χ4v) is 1.36. The molecule has 2 rings (SSSR count). The number of hydrogen-bond acceptors (Lipinski definition) is 4. The molecule has 6 nitrogen and oxygen atoms in total. The Morgan fingerprint density at radius 2 is 2.00 bits per heavy atom. The number of nitro groups is 1. The summed E-state index contributed by atoms with van der Waals surface area (Å²) in [5, 5.41) is 12.8. The van der Waals surface area contributed by atoms with Crippen LogP contribution in [-0.4, -0.2) is 24.5 Å². The summed E-state index contributed by atoms with van der Waals surface area (Å²) in [7, 11) is 5.38. The molecule has 1 aromatic carbocycles. The van der Waals surface area contributed by atoms with Crippen LogP contribution in [0.25, 0.3) is 0 Å². The number of carbonyl (C=O) groups excluding carboxylic acids is 2. The number of hydrogen-bond donors (Lipinski definition) is 1. The lowest BCUT2D eigenvalue weighted by Gasteiger charge is -2.00. The maximum Gasteiger partial charge on any atom is 0.296 e. The van der Waals surface area contributed by atoms with Gasteiger partial charge in [-0.05, 0) is 11.5 Å². The second-order valence-corrected chi connectivity index (χ2v) is 3.00. The van der Waals surface area contributed by atoms with Gasteiger partial charge in [0, 0.05) is 6.07 Å². The van der Waals surface area contributed by atoms with E-state index in [4.69, 9.17) is 7.85 Å². The highest BCUT2D eigenvalue weighted by Crippen LogP contribution is 2.25. The Morgan fingerprint density at radius 3 is 2.60 bits per heavy atom. The number of benzene rings is 1. The van der Waals surface area contributed by atoms with Crippen molar-refractivity contribution in [3.05, 3.63) is 27.8 Å². The number of nitro benzene ring substituents is 1. The predicted octanol–water partition coefficient (Wildman–Crippen LogP) is -0.477. The number of nitrogens with zero attached hydrogens (tertiary/aromatic N) is 1. The van der Waals surface area contributed by atoms with E-state index in [1.807, 2.05) is 0 Å². The van der Waals surface area contributed by atoms with E-state index in [0.29, 0.717) is 0 Å². The van der Waals surface area contributed by atoms with Gasteiger partial charge in [-0.1, -0.05) is 0 Å². The van der Waals surface area contributed by atoms with Crippen LogP contribution < -0.4 is 10.8 Å². The van der Waals surface area contributed by atoms with E-state index in [9.17, 15) is 19.7 Å². The smallest absolute Gasteiger partial charge is 0.296 e. The summed E-state index contributed by atoms with van der Waals surface area (Å²) >= 11 is 0. The number of Topliss-reactive ketones (excluding diaryl/α,β-unsaturated/α-hetero) is 1. The first-order valence-corrected chi connectivity index (χ1v) is 3.94. The molecule has 0 saturated heterocycles. The van der Waals surface area contributed by atoms with Gasteiger partial charge in [0.25, 0.3) is 17.4 Å². The van der Waals surface area contributed by atoms with Crippen molar-refractivity contribution in [3.8, 4) is 0 Å². The molecule has 0 atom stereocenters. The monoisotopic (exact) mass is 202 g/mol. The molecule has 0 aromatic heterocycles. The van der Waals surface area contributed by atoms with Crippen molar-refractivity contribution in [2.75, 3.05) is 5.32 Å². The Morgan fingerprint density at radius 1 is 1.33 bits per heavy atom. The predicted molar refractivity (Wildman–Crippen MR) is 51.4 cm³/mol. The topological polar surface area (TPSA) is 89.3 Å². The Labute approximate surface area is 84.8 Å². The van der Waals surface area contributed by atoms with Gasteiger partial charge >= 0.3 is 0 Å². The number of nitrogens with one attached hydrogen (secondary N) is 1. The summed E-state index contributed by atoms with van der Waals surface area (Å²) in [5.41, 5.74) is -0.263. The Bertz CT molecular complexity index is 512. The Balaban J connectivity index is 2.65. The third kappa shape index (κ3) is 1.28. The minimum absolute atomic E-state index is 0.0131. The van der Waals surface area contributed by atoms with Crippen LogP contribution >= 0.6 is 0 Å². The second-order valence-electron chi connectivity index (χ2n) is 3.00. The van der Waals surface area contributed by atoms with Crippen LogP contribution in [0.2, 0.25) is 0 Å². The van der Waals surface area contributed by atoms with Crippen molar-refractivity contribution in [2.45, 2.75) is 0 Å². The summed E-state index contributed by atoms with van der Waals surface area (Å²) in [6.45, 7) is 0. The lowest BCUT2D eigenvalue weighted by Crippen LogP contribution is -2.12. The quantitative estimate of drug-likeness (QED) is 0.288. The molecule has 1 heterocycles. The highest BCUT2D eigenvalue weighted by atomic mass is 16.6. The first-order valence-electron chi connectivity index (χ1n) is 3.94. The fraction of sp³-hybridized carbons (Fsp3) is 0. The van der Waals surface area contributed by atoms with E-state index in [0.717, 1.165) is 6.07 Å². The molecule has 0 fully saturated rings. The molecule has 0 spiro atoms. The molecule has 15 heavy (non-hydrogen) atoms. The zero-order valence-corrected chi connectivity index (χ0v) is 7.31. The summed E-state index contributed by atoms with van der Waals surface area (Å²) in [6, 6.07) is 2.21. The van der Waals surface area contributed by atoms with E-state index < -0.39 is 16.6 Å². The minimum Gasteiger partial charge on any atom is -0.318 e. The molecule has 2 radical (unpaired) electrons. The van der Waals surface area contributed by atoms with Gasteiger partial charge in [0.2, 0.25) is 0 Å². The first-order chi connectivity index (χ1) is 7.00. The Kier molecular flexibility index (Phi) is 1.82. The van der Waals surface area contributed by atoms with Crippen LogP contribution in [0.15, 0.2) is 12.1 Å². The van der Waals surface area contributed by atoms with Gasteiger partial charge in [-0.15, -0.1) is 0 Å². The molecule has 1 amide bonds. The van der Waals surface area contributed by atoms with E-state index in [1.165, 1.54) is 6.07 Å². The number of anilines is 1. The molecule has 0 aliphatic carbocycles. The number of carbonyl (C=O) groups is 2. The Hall–Kier alpha value is -2.18. The lowest BCUT2D eigenvalue weighted by molar-refractivity contribution is -0.383. The first kappa shape index (κ1) is 9.38. The highest BCUT2D eigenvalue weighted by Gasteiger charge is 2.30. The molecule has 1 N–H and O–H groups in total. The molecule has 0 bridgehead atoms. The number of rotatable bonds is 1. The fourth-order valence-electron chi connectivity index (χ4n) is 1.36. The molecular weight excluding hydrogens is 199 g/mol. The van der Waals surface area contributed by atoms with E-state index >= 15 is 0 Å². The summed E-state index contributed by atoms with van der Waals surface area (Å²) in [4.78, 5) is 32.0. The SMILES string of the molecule is [B]c1cc2c(cc1[N+](=O)[O-])C(=O)C(=O)N2. The van der Waals surface area contributed by atoms with Crippen LogP contribution in [0.5, 0.6) is 0 Å².